The summed E-state index contributed by atoms with van der Waals surface area (Å²) in [5.41, 5.74) is 3.41. The molecule has 1 fully saturated rings. The van der Waals surface area contributed by atoms with Gasteiger partial charge in [-0.15, -0.1) is 0 Å². The van der Waals surface area contributed by atoms with Crippen molar-refractivity contribution < 1.29 is 8.96 Å². The van der Waals surface area contributed by atoms with Crippen molar-refractivity contribution in [3.63, 3.8) is 0 Å². The van der Waals surface area contributed by atoms with Gasteiger partial charge in [-0.25, -0.2) is 4.39 Å². The first-order chi connectivity index (χ1) is 12.2. The van der Waals surface area contributed by atoms with Crippen molar-refractivity contribution in [2.45, 2.75) is 19.3 Å². The highest BCUT2D eigenvalue weighted by molar-refractivity contribution is 7.18. The van der Waals surface area contributed by atoms with Gasteiger partial charge in [0.25, 0.3) is 5.01 Å². The lowest BCUT2D eigenvalue weighted by Gasteiger charge is -2.28. The molecule has 0 atom stereocenters. The zero-order chi connectivity index (χ0) is 17.2. The largest absolute Gasteiger partial charge is 0.372 e. The first-order valence-electron chi connectivity index (χ1n) is 8.82. The molecule has 128 valence electrons. The number of fused-ring (bicyclic) bond motifs is 1. The molecule has 0 spiro atoms. The predicted molar refractivity (Wildman–Crippen MR) is 104 cm³/mol. The smallest absolute Gasteiger partial charge is 0.262 e. The quantitative estimate of drug-likeness (QED) is 0.599. The monoisotopic (exact) mass is 353 g/mol. The molecule has 1 saturated heterocycles. The van der Waals surface area contributed by atoms with Gasteiger partial charge in [0.1, 0.15) is 17.6 Å². The Labute approximate surface area is 151 Å². The summed E-state index contributed by atoms with van der Waals surface area (Å²) >= 11 is 1.49. The summed E-state index contributed by atoms with van der Waals surface area (Å²) in [6.07, 6.45) is 8.11. The molecule has 25 heavy (non-hydrogen) atoms. The Morgan fingerprint density at radius 1 is 1.00 bits per heavy atom. The van der Waals surface area contributed by atoms with E-state index in [4.69, 9.17) is 0 Å². The topological polar surface area (TPSA) is 7.12 Å². The predicted octanol–water partition coefficient (Wildman–Crippen LogP) is 5.03. The van der Waals surface area contributed by atoms with Crippen LogP contribution in [-0.4, -0.2) is 13.1 Å². The molecule has 1 aliphatic heterocycles. The fourth-order valence-corrected chi connectivity index (χ4v) is 4.47. The van der Waals surface area contributed by atoms with Crippen LogP contribution in [0.15, 0.2) is 42.5 Å². The van der Waals surface area contributed by atoms with Crippen LogP contribution >= 0.6 is 11.3 Å². The normalized spacial score (nSPS) is 15.4. The Balaban J connectivity index is 1.55. The molecule has 1 aliphatic rings. The van der Waals surface area contributed by atoms with E-state index in [0.29, 0.717) is 4.70 Å². The van der Waals surface area contributed by atoms with E-state index in [0.717, 1.165) is 10.5 Å². The van der Waals surface area contributed by atoms with E-state index in [1.54, 1.807) is 6.07 Å². The summed E-state index contributed by atoms with van der Waals surface area (Å²) in [7, 11) is 1.98. The summed E-state index contributed by atoms with van der Waals surface area (Å²) in [5.74, 6) is -0.149. The number of aryl methyl sites for hydroxylation is 1. The first-order valence-corrected chi connectivity index (χ1v) is 9.64. The fourth-order valence-electron chi connectivity index (χ4n) is 3.42. The Bertz CT molecular complexity index is 906. The van der Waals surface area contributed by atoms with Gasteiger partial charge in [-0.2, -0.15) is 4.57 Å². The van der Waals surface area contributed by atoms with Gasteiger partial charge in [-0.1, -0.05) is 29.5 Å². The number of aromatic nitrogens is 1. The minimum Gasteiger partial charge on any atom is -0.372 e. The standard InChI is InChI=1S/C21H22FN2S/c1-23-19-7-5-6-18(22)21(19)25-20(23)13-10-16-8-11-17(12-9-16)24-14-3-2-4-15-24/h5-13H,2-4,14-15H2,1H3/q+1. The summed E-state index contributed by atoms with van der Waals surface area (Å²) in [6, 6.07) is 14.0. The molecule has 2 aromatic carbocycles. The lowest BCUT2D eigenvalue weighted by atomic mass is 10.1. The third-order valence-electron chi connectivity index (χ3n) is 4.88. The number of hydrogen-bond acceptors (Lipinski definition) is 2. The van der Waals surface area contributed by atoms with Gasteiger partial charge in [0.05, 0.1) is 0 Å². The molecule has 4 rings (SSSR count). The molecule has 4 heteroatoms. The molecule has 0 radical (unpaired) electrons. The molecule has 0 aliphatic carbocycles. The lowest BCUT2D eigenvalue weighted by Crippen LogP contribution is -2.29. The van der Waals surface area contributed by atoms with Crippen molar-refractivity contribution in [1.29, 1.82) is 0 Å². The third kappa shape index (κ3) is 3.31. The Hall–Kier alpha value is -2.20. The van der Waals surface area contributed by atoms with Gasteiger partial charge in [-0.05, 0) is 49.1 Å². The van der Waals surface area contributed by atoms with E-state index in [9.17, 15) is 4.39 Å². The van der Waals surface area contributed by atoms with E-state index >= 15 is 0 Å². The SMILES string of the molecule is C[n+]1c(C=Cc2ccc(N3CCCCC3)cc2)sc2c(F)cccc21. The van der Waals surface area contributed by atoms with Crippen LogP contribution < -0.4 is 9.47 Å². The van der Waals surface area contributed by atoms with Crippen LogP contribution in [0.3, 0.4) is 0 Å². The van der Waals surface area contributed by atoms with E-state index in [1.165, 1.54) is 61.0 Å². The number of piperidine rings is 1. The molecular formula is C21H22FN2S+. The van der Waals surface area contributed by atoms with E-state index in [1.807, 2.05) is 17.7 Å². The molecule has 1 aromatic heterocycles. The molecule has 0 amide bonds. The average Bonchev–Trinajstić information content (AvgIpc) is 2.99. The van der Waals surface area contributed by atoms with Gasteiger partial charge >= 0.3 is 0 Å². The number of halogens is 1. The van der Waals surface area contributed by atoms with Gasteiger partial charge in [0, 0.05) is 30.9 Å². The van der Waals surface area contributed by atoms with Crippen molar-refractivity contribution >= 4 is 39.4 Å². The molecule has 0 saturated carbocycles. The molecule has 0 unspecified atom stereocenters. The third-order valence-corrected chi connectivity index (χ3v) is 6.10. The lowest BCUT2D eigenvalue weighted by molar-refractivity contribution is -0.642. The summed E-state index contributed by atoms with van der Waals surface area (Å²) in [4.78, 5) is 2.46. The zero-order valence-corrected chi connectivity index (χ0v) is 15.2. The Morgan fingerprint density at radius 2 is 1.76 bits per heavy atom. The minimum absolute atomic E-state index is 0.149. The second kappa shape index (κ2) is 6.96. The van der Waals surface area contributed by atoms with E-state index in [-0.39, 0.29) is 5.82 Å². The van der Waals surface area contributed by atoms with Crippen molar-refractivity contribution in [2.24, 2.45) is 7.05 Å². The van der Waals surface area contributed by atoms with Crippen LogP contribution in [0.1, 0.15) is 29.8 Å². The maximum atomic E-state index is 13.9. The Kier molecular flexibility index (Phi) is 4.53. The van der Waals surface area contributed by atoms with Crippen LogP contribution in [0.4, 0.5) is 10.1 Å². The van der Waals surface area contributed by atoms with Gasteiger partial charge in [0.15, 0.2) is 0 Å². The average molecular weight is 353 g/mol. The zero-order valence-electron chi connectivity index (χ0n) is 14.4. The number of anilines is 1. The van der Waals surface area contributed by atoms with Crippen molar-refractivity contribution in [3.8, 4) is 0 Å². The van der Waals surface area contributed by atoms with E-state index in [2.05, 4.69) is 41.3 Å². The van der Waals surface area contributed by atoms with Crippen LogP contribution in [0, 0.1) is 5.82 Å². The fraction of sp³-hybridized carbons (Fsp3) is 0.286. The summed E-state index contributed by atoms with van der Waals surface area (Å²) in [5, 5.41) is 1.04. The van der Waals surface area contributed by atoms with Gasteiger partial charge < -0.3 is 4.90 Å². The summed E-state index contributed by atoms with van der Waals surface area (Å²) in [6.45, 7) is 2.33. The second-order valence-electron chi connectivity index (χ2n) is 6.56. The van der Waals surface area contributed by atoms with E-state index < -0.39 is 0 Å². The molecular weight excluding hydrogens is 331 g/mol. The molecule has 3 aromatic rings. The molecule has 0 N–H and O–H groups in total. The molecule has 0 bridgehead atoms. The number of nitrogens with zero attached hydrogens (tertiary/aromatic N) is 2. The van der Waals surface area contributed by atoms with Crippen LogP contribution in [0.2, 0.25) is 0 Å². The van der Waals surface area contributed by atoms with Crippen molar-refractivity contribution in [1.82, 2.24) is 0 Å². The van der Waals surface area contributed by atoms with Crippen molar-refractivity contribution in [2.75, 3.05) is 18.0 Å². The van der Waals surface area contributed by atoms with Crippen LogP contribution in [0.5, 0.6) is 0 Å². The number of rotatable bonds is 3. The van der Waals surface area contributed by atoms with Crippen molar-refractivity contribution in [3.05, 3.63) is 58.9 Å². The first kappa shape index (κ1) is 16.3. The minimum atomic E-state index is -0.149. The van der Waals surface area contributed by atoms with Crippen LogP contribution in [0.25, 0.3) is 22.4 Å². The highest BCUT2D eigenvalue weighted by atomic mass is 32.1. The molecule has 2 heterocycles. The summed E-state index contributed by atoms with van der Waals surface area (Å²) < 4.78 is 16.7. The number of thiazole rings is 1. The maximum absolute atomic E-state index is 13.9. The second-order valence-corrected chi connectivity index (χ2v) is 7.59. The number of hydrogen-bond donors (Lipinski definition) is 0. The van der Waals surface area contributed by atoms with Gasteiger partial charge in [-0.3, -0.25) is 0 Å². The Morgan fingerprint density at radius 3 is 2.48 bits per heavy atom. The highest BCUT2D eigenvalue weighted by Gasteiger charge is 2.17. The molecule has 2 nitrogen and oxygen atoms in total. The van der Waals surface area contributed by atoms with Crippen LogP contribution in [-0.2, 0) is 7.05 Å². The highest BCUT2D eigenvalue weighted by Crippen LogP contribution is 2.25. The number of benzene rings is 2. The van der Waals surface area contributed by atoms with Gasteiger partial charge in [0.2, 0.25) is 5.52 Å². The maximum Gasteiger partial charge on any atom is 0.262 e.